The number of aliphatic hydroxyl groups is 4. The van der Waals surface area contributed by atoms with E-state index in [1.807, 2.05) is 5.32 Å². The molecule has 23 N–H and O–H groups in total. The number of aromatic nitrogens is 3. The molecule has 0 fully saturated rings. The Morgan fingerprint density at radius 1 is 0.485 bits per heavy atom. The van der Waals surface area contributed by atoms with Gasteiger partial charge in [0.1, 0.15) is 66.2 Å². The fourth-order valence-corrected chi connectivity index (χ4v) is 10.0. The van der Waals surface area contributed by atoms with Crippen molar-refractivity contribution in [2.45, 2.75) is 166 Å². The zero-order chi connectivity index (χ0) is 75.5. The maximum Gasteiger partial charge on any atom is 0.328 e. The lowest BCUT2D eigenvalue weighted by Crippen LogP contribution is -2.63. The first-order valence-electron chi connectivity index (χ1n) is 32.2. The molecular weight excluding hydrogens is 1330 g/mol. The molecule has 37 heteroatoms. The molecule has 101 heavy (non-hydrogen) atoms. The third-order valence-electron chi connectivity index (χ3n) is 15.5. The van der Waals surface area contributed by atoms with Crippen LogP contribution in [0.1, 0.15) is 85.1 Å². The van der Waals surface area contributed by atoms with Crippen molar-refractivity contribution in [3.8, 4) is 5.75 Å². The van der Waals surface area contributed by atoms with Gasteiger partial charge in [-0.1, -0.05) is 71.9 Å². The standard InChI is InChI=1S/C64H92N16O21/c1-29(2)17-41(58(94)78-51(31(5)6)61(97)80-53(33(8)84)63(99)79-50(30(3)4)60(96)75-45(26-81)59(95)76-46(27-82)64(100)101)74-62(98)52(32(7)83)77-48(87)25-69-56(92)44(20-36-23-66-28-70-36)71-47(86)24-68-55(91)43(19-35-22-67-40-12-10-9-11-38(35)40)73-57(93)42(18-34-13-15-37(85)16-14-34)72-54(90)39(65)21-49(88)89/h9-16,22-23,28-33,39,41-46,50-53,67,81-85H,17-21,24-27,65H2,1-8H3,(H,66,70)(H,68,91)(H,69,92)(H,71,86)(H,72,90)(H,73,93)(H,74,98)(H,75,96)(H,76,95)(H,77,87)(H,78,94)(H,79,99)(H,80,97)(H,88,89)(H,100,101)/t32-,33-,39+,41+,42+,43+,44+,45+,46+,50+,51+,52+,53+/m1/s1. The molecule has 0 aliphatic heterocycles. The lowest BCUT2D eigenvalue weighted by atomic mass is 9.98. The first kappa shape index (κ1) is 82.8. The van der Waals surface area contributed by atoms with Crippen LogP contribution >= 0.6 is 0 Å². The molecule has 0 bridgehead atoms. The van der Waals surface area contributed by atoms with Crippen molar-refractivity contribution in [2.24, 2.45) is 23.5 Å². The number of carboxylic acid groups (broad SMARTS) is 2. The van der Waals surface area contributed by atoms with E-state index >= 15 is 0 Å². The Balaban J connectivity index is 1.45. The summed E-state index contributed by atoms with van der Waals surface area (Å²) in [6.45, 7) is 7.91. The number of hydrogen-bond donors (Lipinski definition) is 22. The lowest BCUT2D eigenvalue weighted by molar-refractivity contribution is -0.143. The molecule has 0 radical (unpaired) electrons. The van der Waals surface area contributed by atoms with Gasteiger partial charge in [0.15, 0.2) is 0 Å². The first-order valence-corrected chi connectivity index (χ1v) is 32.2. The summed E-state index contributed by atoms with van der Waals surface area (Å²) in [5.41, 5.74) is 7.72. The molecule has 0 aliphatic rings. The van der Waals surface area contributed by atoms with Crippen LogP contribution in [0.25, 0.3) is 10.9 Å². The zero-order valence-electron chi connectivity index (χ0n) is 56.8. The van der Waals surface area contributed by atoms with E-state index < -0.39 is 206 Å². The van der Waals surface area contributed by atoms with Gasteiger partial charge in [0, 0.05) is 42.6 Å². The monoisotopic (exact) mass is 1420 g/mol. The Bertz CT molecular complexity index is 3530. The number of para-hydroxylation sites is 1. The van der Waals surface area contributed by atoms with E-state index in [-0.39, 0.29) is 43.0 Å². The average Bonchev–Trinajstić information content (AvgIpc) is 1.78. The van der Waals surface area contributed by atoms with E-state index in [0.29, 0.717) is 22.0 Å². The van der Waals surface area contributed by atoms with Gasteiger partial charge in [-0.05, 0) is 67.3 Å². The summed E-state index contributed by atoms with van der Waals surface area (Å²) < 4.78 is 0. The highest BCUT2D eigenvalue weighted by molar-refractivity contribution is 6.00. The quantitative estimate of drug-likeness (QED) is 0.0197. The minimum Gasteiger partial charge on any atom is -0.508 e. The molecule has 12 amide bonds. The third-order valence-corrected chi connectivity index (χ3v) is 15.5. The van der Waals surface area contributed by atoms with E-state index in [4.69, 9.17) is 5.73 Å². The van der Waals surface area contributed by atoms with Gasteiger partial charge in [0.05, 0.1) is 63.0 Å². The summed E-state index contributed by atoms with van der Waals surface area (Å²) >= 11 is 0. The van der Waals surface area contributed by atoms with Gasteiger partial charge >= 0.3 is 11.9 Å². The second-order valence-corrected chi connectivity index (χ2v) is 25.1. The van der Waals surface area contributed by atoms with E-state index in [1.165, 1.54) is 64.5 Å². The summed E-state index contributed by atoms with van der Waals surface area (Å²) in [7, 11) is 0. The van der Waals surface area contributed by atoms with Crippen LogP contribution in [-0.4, -0.2) is 238 Å². The molecule has 13 atom stereocenters. The van der Waals surface area contributed by atoms with Gasteiger partial charge in [0.2, 0.25) is 70.9 Å². The lowest BCUT2D eigenvalue weighted by Gasteiger charge is -2.30. The van der Waals surface area contributed by atoms with Crippen LogP contribution in [0.2, 0.25) is 0 Å². The molecule has 37 nitrogen and oxygen atoms in total. The minimum atomic E-state index is -1.80. The number of phenolic OH excluding ortho intramolecular Hbond substituents is 1. The fourth-order valence-electron chi connectivity index (χ4n) is 10.0. The predicted octanol–water partition coefficient (Wildman–Crippen LogP) is -6.30. The Kier molecular flexibility index (Phi) is 32.7. The van der Waals surface area contributed by atoms with Crippen molar-refractivity contribution in [3.63, 3.8) is 0 Å². The van der Waals surface area contributed by atoms with Crippen molar-refractivity contribution in [2.75, 3.05) is 26.3 Å². The van der Waals surface area contributed by atoms with Crippen LogP contribution in [0.15, 0.2) is 67.3 Å². The summed E-state index contributed by atoms with van der Waals surface area (Å²) in [4.78, 5) is 197. The van der Waals surface area contributed by atoms with Crippen LogP contribution in [0.5, 0.6) is 5.75 Å². The average molecular weight is 1420 g/mol. The number of hydrogen-bond acceptors (Lipinski definition) is 21. The number of H-pyrrole nitrogens is 2. The number of rotatable bonds is 41. The molecule has 2 aromatic heterocycles. The maximum absolute atomic E-state index is 14.2. The molecule has 0 unspecified atom stereocenters. The minimum absolute atomic E-state index is 0.0910. The second-order valence-electron chi connectivity index (χ2n) is 25.1. The van der Waals surface area contributed by atoms with Gasteiger partial charge in [-0.3, -0.25) is 62.3 Å². The Morgan fingerprint density at radius 3 is 1.48 bits per heavy atom. The number of carbonyl (C=O) groups excluding carboxylic acids is 12. The smallest absolute Gasteiger partial charge is 0.328 e. The Morgan fingerprint density at radius 2 is 0.941 bits per heavy atom. The number of amides is 12. The van der Waals surface area contributed by atoms with Crippen LogP contribution in [0, 0.1) is 17.8 Å². The van der Waals surface area contributed by atoms with Crippen LogP contribution in [0.4, 0.5) is 0 Å². The van der Waals surface area contributed by atoms with Gasteiger partial charge < -0.3 is 115 Å². The van der Waals surface area contributed by atoms with Gasteiger partial charge in [-0.15, -0.1) is 0 Å². The molecule has 0 saturated carbocycles. The van der Waals surface area contributed by atoms with E-state index in [1.54, 1.807) is 44.3 Å². The zero-order valence-corrected chi connectivity index (χ0v) is 56.8. The van der Waals surface area contributed by atoms with E-state index in [9.17, 15) is 103 Å². The molecule has 2 heterocycles. The number of aromatic hydroxyl groups is 1. The van der Waals surface area contributed by atoms with Crippen molar-refractivity contribution in [1.82, 2.24) is 78.8 Å². The molecule has 4 aromatic rings. The predicted molar refractivity (Wildman–Crippen MR) is 356 cm³/mol. The maximum atomic E-state index is 14.2. The van der Waals surface area contributed by atoms with Crippen molar-refractivity contribution < 1.29 is 103 Å². The highest BCUT2D eigenvalue weighted by Gasteiger charge is 2.39. The molecule has 4 rings (SSSR count). The molecule has 0 saturated heterocycles. The number of imidazole rings is 1. The largest absolute Gasteiger partial charge is 0.508 e. The van der Waals surface area contributed by atoms with Crippen LogP contribution in [0.3, 0.4) is 0 Å². The SMILES string of the molecule is CC(C)C[C@H](NC(=O)[C@@H](NC(=O)CNC(=O)[C@H](Cc1c[nH]cn1)NC(=O)CNC(=O)[C@H](Cc1c[nH]c2ccccc12)NC(=O)[C@H](Cc1ccc(O)cc1)NC(=O)[C@@H](N)CC(=O)O)[C@@H](C)O)C(=O)N[C@H](C(=O)N[C@H](C(=O)N[C@H](C(=O)N[C@@H](CO)C(=O)N[C@@H](CO)C(=O)O)C(C)C)[C@@H](C)O)C(C)C. The van der Waals surface area contributed by atoms with Gasteiger partial charge in [0.25, 0.3) is 0 Å². The number of benzene rings is 2. The van der Waals surface area contributed by atoms with Gasteiger partial charge in [-0.25, -0.2) is 9.78 Å². The Hall–Kier alpha value is -10.6. The summed E-state index contributed by atoms with van der Waals surface area (Å²) in [6, 6.07) is -4.98. The molecular formula is C64H92N16O21. The normalized spacial score (nSPS) is 15.2. The topological polar surface area (TPSA) is 595 Å². The number of carbonyl (C=O) groups is 14. The third kappa shape index (κ3) is 26.5. The van der Waals surface area contributed by atoms with Crippen LogP contribution < -0.4 is 69.5 Å². The number of phenols is 1. The van der Waals surface area contributed by atoms with Gasteiger partial charge in [-0.2, -0.15) is 0 Å². The molecule has 0 spiro atoms. The van der Waals surface area contributed by atoms with Crippen LogP contribution in [-0.2, 0) is 86.4 Å². The summed E-state index contributed by atoms with van der Waals surface area (Å²) in [5.74, 6) is -17.2. The number of aromatic amines is 2. The number of aliphatic carboxylic acids is 2. The highest BCUT2D eigenvalue weighted by Crippen LogP contribution is 2.20. The number of nitrogens with one attached hydrogen (secondary N) is 14. The number of fused-ring (bicyclic) bond motifs is 1. The number of aliphatic hydroxyl groups excluding tert-OH is 4. The molecule has 0 aliphatic carbocycles. The summed E-state index contributed by atoms with van der Waals surface area (Å²) in [6.07, 6.45) is -0.599. The number of carboxylic acids is 2. The van der Waals surface area contributed by atoms with Crippen molar-refractivity contribution in [1.29, 1.82) is 0 Å². The van der Waals surface area contributed by atoms with Crippen molar-refractivity contribution in [3.05, 3.63) is 84.1 Å². The number of nitrogens with two attached hydrogens (primary N) is 1. The van der Waals surface area contributed by atoms with E-state index in [2.05, 4.69) is 73.4 Å². The number of nitrogens with zero attached hydrogens (tertiary/aromatic N) is 1. The summed E-state index contributed by atoms with van der Waals surface area (Å²) in [5, 5.41) is 98.2. The van der Waals surface area contributed by atoms with Crippen molar-refractivity contribution >= 4 is 93.7 Å². The highest BCUT2D eigenvalue weighted by atomic mass is 16.4. The first-order chi connectivity index (χ1) is 47.5. The fraction of sp³-hybridized carbons (Fsp3) is 0.516. The Labute approximate surface area is 579 Å². The second kappa shape index (κ2) is 39.8. The molecule has 554 valence electrons. The molecule has 2 aromatic carbocycles. The van der Waals surface area contributed by atoms with E-state index in [0.717, 1.165) is 13.8 Å².